The van der Waals surface area contributed by atoms with E-state index in [1.807, 2.05) is 0 Å². The summed E-state index contributed by atoms with van der Waals surface area (Å²) in [7, 11) is 0. The maximum Gasteiger partial charge on any atom is 0.269 e. The minimum atomic E-state index is -0.524. The van der Waals surface area contributed by atoms with Gasteiger partial charge in [-0.25, -0.2) is 0 Å². The van der Waals surface area contributed by atoms with E-state index in [9.17, 15) is 19.7 Å². The number of carbonyl (C=O) groups excluding carboxylic acids is 2. The van der Waals surface area contributed by atoms with Crippen LogP contribution < -0.4 is 10.6 Å². The number of benzene rings is 3. The highest BCUT2D eigenvalue weighted by atomic mass is 35.5. The van der Waals surface area contributed by atoms with Crippen LogP contribution in [0.25, 0.3) is 0 Å². The number of thioether (sulfide) groups is 1. The number of hydrogen-bond donors (Lipinski definition) is 2. The van der Waals surface area contributed by atoms with Gasteiger partial charge in [-0.1, -0.05) is 23.2 Å². The van der Waals surface area contributed by atoms with E-state index in [2.05, 4.69) is 10.6 Å². The number of nitrogens with zero attached hydrogens (tertiary/aromatic N) is 1. The quantitative estimate of drug-likeness (QED) is 0.231. The fourth-order valence-electron chi connectivity index (χ4n) is 2.63. The van der Waals surface area contributed by atoms with Crippen molar-refractivity contribution in [2.24, 2.45) is 0 Å². The monoisotopic (exact) mass is 489 g/mol. The summed E-state index contributed by atoms with van der Waals surface area (Å²) in [6, 6.07) is 17.2. The van der Waals surface area contributed by atoms with Gasteiger partial charge in [0.2, 0.25) is 5.91 Å². The van der Waals surface area contributed by atoms with Crippen molar-refractivity contribution in [3.05, 3.63) is 92.5 Å². The van der Waals surface area contributed by atoms with Gasteiger partial charge < -0.3 is 10.6 Å². The van der Waals surface area contributed by atoms with E-state index >= 15 is 0 Å². The van der Waals surface area contributed by atoms with Gasteiger partial charge in [0.05, 0.1) is 20.2 Å². The predicted molar refractivity (Wildman–Crippen MR) is 128 cm³/mol. The molecule has 3 aromatic rings. The second-order valence-corrected chi connectivity index (χ2v) is 8.89. The van der Waals surface area contributed by atoms with Crippen LogP contribution in [0.2, 0.25) is 10.0 Å². The summed E-state index contributed by atoms with van der Waals surface area (Å²) in [5.74, 6) is -0.571. The van der Waals surface area contributed by atoms with Crippen molar-refractivity contribution in [3.63, 3.8) is 0 Å². The molecule has 0 saturated carbocycles. The first-order valence-electron chi connectivity index (χ1n) is 9.31. The van der Waals surface area contributed by atoms with E-state index < -0.39 is 4.92 Å². The number of nitro benzene ring substituents is 1. The molecule has 0 aliphatic rings. The summed E-state index contributed by atoms with van der Waals surface area (Å²) in [5.41, 5.74) is 1.34. The first-order valence-corrected chi connectivity index (χ1v) is 10.9. The lowest BCUT2D eigenvalue weighted by Crippen LogP contribution is -2.22. The minimum absolute atomic E-state index is 0.0831. The van der Waals surface area contributed by atoms with Crippen molar-refractivity contribution in [2.75, 3.05) is 10.6 Å². The number of non-ortho nitro benzene ring substituents is 1. The maximum absolute atomic E-state index is 12.4. The van der Waals surface area contributed by atoms with Crippen LogP contribution in [0.4, 0.5) is 17.1 Å². The molecule has 3 aromatic carbocycles. The number of rotatable bonds is 7. The molecule has 32 heavy (non-hydrogen) atoms. The van der Waals surface area contributed by atoms with Crippen LogP contribution in [0.15, 0.2) is 71.6 Å². The maximum atomic E-state index is 12.4. The van der Waals surface area contributed by atoms with Crippen LogP contribution in [-0.2, 0) is 4.79 Å². The van der Waals surface area contributed by atoms with Gasteiger partial charge in [-0.05, 0) is 61.5 Å². The number of nitro groups is 1. The molecule has 0 saturated heterocycles. The molecule has 0 fully saturated rings. The summed E-state index contributed by atoms with van der Waals surface area (Å²) in [4.78, 5) is 35.8. The molecule has 0 bridgehead atoms. The van der Waals surface area contributed by atoms with Gasteiger partial charge in [0.1, 0.15) is 0 Å². The minimum Gasteiger partial charge on any atom is -0.325 e. The molecule has 0 aromatic heterocycles. The smallest absolute Gasteiger partial charge is 0.269 e. The van der Waals surface area contributed by atoms with Crippen LogP contribution >= 0.6 is 35.0 Å². The third kappa shape index (κ3) is 6.23. The van der Waals surface area contributed by atoms with Crippen molar-refractivity contribution in [1.29, 1.82) is 0 Å². The molecule has 1 unspecified atom stereocenters. The molecule has 164 valence electrons. The van der Waals surface area contributed by atoms with Gasteiger partial charge in [0.25, 0.3) is 11.6 Å². The van der Waals surface area contributed by atoms with Crippen LogP contribution in [0.5, 0.6) is 0 Å². The zero-order valence-electron chi connectivity index (χ0n) is 16.7. The molecule has 3 rings (SSSR count). The Morgan fingerprint density at radius 2 is 1.53 bits per heavy atom. The Balaban J connectivity index is 1.56. The number of anilines is 2. The molecular weight excluding hydrogens is 473 g/mol. The first kappa shape index (κ1) is 23.6. The summed E-state index contributed by atoms with van der Waals surface area (Å²) >= 11 is 13.2. The van der Waals surface area contributed by atoms with E-state index in [0.29, 0.717) is 27.0 Å². The molecule has 0 aliphatic heterocycles. The van der Waals surface area contributed by atoms with Gasteiger partial charge in [0, 0.05) is 34.0 Å². The van der Waals surface area contributed by atoms with Gasteiger partial charge in [0.15, 0.2) is 0 Å². The van der Waals surface area contributed by atoms with E-state index in [-0.39, 0.29) is 22.8 Å². The fourth-order valence-corrected chi connectivity index (χ4v) is 3.80. The fraction of sp³-hybridized carbons (Fsp3) is 0.0909. The zero-order valence-corrected chi connectivity index (χ0v) is 19.0. The third-order valence-corrected chi connectivity index (χ3v) is 6.17. The number of halogens is 2. The second-order valence-electron chi connectivity index (χ2n) is 6.66. The van der Waals surface area contributed by atoms with Crippen molar-refractivity contribution in [1.82, 2.24) is 0 Å². The topological polar surface area (TPSA) is 101 Å². The summed E-state index contributed by atoms with van der Waals surface area (Å²) in [6.45, 7) is 1.78. The molecule has 0 aliphatic carbocycles. The standard InChI is InChI=1S/C22H17Cl2N3O4S/c1-13(21(28)26-16-6-11-19(23)20(24)12-16)32-18-9-4-15(5-10-18)25-22(29)14-2-7-17(8-3-14)27(30)31/h2-13H,1H3,(H,25,29)(H,26,28). The molecule has 10 heteroatoms. The highest BCUT2D eigenvalue weighted by Gasteiger charge is 2.15. The Bertz CT molecular complexity index is 1150. The Labute approximate surface area is 198 Å². The van der Waals surface area contributed by atoms with E-state index in [1.54, 1.807) is 49.4 Å². The Hall–Kier alpha value is -3.07. The number of carbonyl (C=O) groups is 2. The van der Waals surface area contributed by atoms with Gasteiger partial charge in [-0.2, -0.15) is 0 Å². The van der Waals surface area contributed by atoms with E-state index in [4.69, 9.17) is 23.2 Å². The van der Waals surface area contributed by atoms with Gasteiger partial charge >= 0.3 is 0 Å². The molecule has 0 spiro atoms. The van der Waals surface area contributed by atoms with Gasteiger partial charge in [-0.3, -0.25) is 19.7 Å². The lowest BCUT2D eigenvalue weighted by Gasteiger charge is -2.13. The summed E-state index contributed by atoms with van der Waals surface area (Å²) in [5, 5.41) is 16.6. The molecule has 2 amide bonds. The average Bonchev–Trinajstić information content (AvgIpc) is 2.77. The van der Waals surface area contributed by atoms with Crippen molar-refractivity contribution >= 4 is 63.8 Å². The van der Waals surface area contributed by atoms with E-state index in [0.717, 1.165) is 4.90 Å². The Kier molecular flexibility index (Phi) is 7.74. The molecule has 2 N–H and O–H groups in total. The van der Waals surface area contributed by atoms with Crippen molar-refractivity contribution in [2.45, 2.75) is 17.1 Å². The predicted octanol–water partition coefficient (Wildman–Crippen LogP) is 6.27. The second kappa shape index (κ2) is 10.5. The summed E-state index contributed by atoms with van der Waals surface area (Å²) < 4.78 is 0. The largest absolute Gasteiger partial charge is 0.325 e. The molecule has 1 atom stereocenters. The van der Waals surface area contributed by atoms with Crippen LogP contribution in [0.3, 0.4) is 0 Å². The average molecular weight is 490 g/mol. The van der Waals surface area contributed by atoms with Crippen molar-refractivity contribution < 1.29 is 14.5 Å². The zero-order chi connectivity index (χ0) is 23.3. The number of amides is 2. The van der Waals surface area contributed by atoms with Gasteiger partial charge in [-0.15, -0.1) is 11.8 Å². The van der Waals surface area contributed by atoms with Crippen LogP contribution in [-0.4, -0.2) is 22.0 Å². The SMILES string of the molecule is CC(Sc1ccc(NC(=O)c2ccc([N+](=O)[O-])cc2)cc1)C(=O)Nc1ccc(Cl)c(Cl)c1. The molecule has 0 heterocycles. The molecular formula is C22H17Cl2N3O4S. The molecule has 7 nitrogen and oxygen atoms in total. The lowest BCUT2D eigenvalue weighted by molar-refractivity contribution is -0.384. The first-order chi connectivity index (χ1) is 15.2. The van der Waals surface area contributed by atoms with Crippen molar-refractivity contribution in [3.8, 4) is 0 Å². The van der Waals surface area contributed by atoms with Crippen LogP contribution in [0, 0.1) is 10.1 Å². The normalized spacial score (nSPS) is 11.5. The highest BCUT2D eigenvalue weighted by molar-refractivity contribution is 8.00. The van der Waals surface area contributed by atoms with E-state index in [1.165, 1.54) is 36.0 Å². The Morgan fingerprint density at radius 1 is 0.906 bits per heavy atom. The molecule has 0 radical (unpaired) electrons. The highest BCUT2D eigenvalue weighted by Crippen LogP contribution is 2.28. The summed E-state index contributed by atoms with van der Waals surface area (Å²) in [6.07, 6.45) is 0. The van der Waals surface area contributed by atoms with Crippen LogP contribution in [0.1, 0.15) is 17.3 Å². The third-order valence-electron chi connectivity index (χ3n) is 4.32. The number of hydrogen-bond acceptors (Lipinski definition) is 5. The number of nitrogens with one attached hydrogen (secondary N) is 2. The Morgan fingerprint density at radius 3 is 2.12 bits per heavy atom. The lowest BCUT2D eigenvalue weighted by atomic mass is 10.2.